The Kier molecular flexibility index (Phi) is 8.75. The number of aromatic nitrogens is 2. The molecule has 3 N–H and O–H groups in total. The number of imidazole rings is 1. The van der Waals surface area contributed by atoms with Crippen molar-refractivity contribution >= 4 is 11.8 Å². The van der Waals surface area contributed by atoms with Gasteiger partial charge < -0.3 is 29.8 Å². The molecule has 3 aromatic rings. The maximum absolute atomic E-state index is 12.7. The van der Waals surface area contributed by atoms with Gasteiger partial charge in [0.15, 0.2) is 0 Å². The van der Waals surface area contributed by atoms with Crippen LogP contribution in [0.3, 0.4) is 0 Å². The number of primary amides is 1. The van der Waals surface area contributed by atoms with Crippen molar-refractivity contribution in [2.24, 2.45) is 5.73 Å². The van der Waals surface area contributed by atoms with Crippen molar-refractivity contribution in [2.45, 2.75) is 44.7 Å². The van der Waals surface area contributed by atoms with Gasteiger partial charge in [-0.25, -0.2) is 4.98 Å². The van der Waals surface area contributed by atoms with Crippen molar-refractivity contribution in [3.63, 3.8) is 0 Å². The number of halogens is 3. The van der Waals surface area contributed by atoms with E-state index in [4.69, 9.17) is 15.6 Å². The highest BCUT2D eigenvalue weighted by Crippen LogP contribution is 2.29. The number of likely N-dealkylation sites (tertiary alicyclic amines) is 1. The number of carbonyl (C=O) groups is 2. The average Bonchev–Trinajstić information content (AvgIpc) is 3.37. The lowest BCUT2D eigenvalue weighted by molar-refractivity contribution is -0.274. The predicted octanol–water partition coefficient (Wildman–Crippen LogP) is 3.54. The van der Waals surface area contributed by atoms with Crippen LogP contribution in [0.15, 0.2) is 55.0 Å². The van der Waals surface area contributed by atoms with Crippen molar-refractivity contribution in [1.29, 1.82) is 0 Å². The second kappa shape index (κ2) is 12.2. The van der Waals surface area contributed by atoms with Crippen LogP contribution in [0, 0.1) is 0 Å². The van der Waals surface area contributed by atoms with Crippen molar-refractivity contribution < 1.29 is 37.3 Å². The lowest BCUT2D eigenvalue weighted by Gasteiger charge is -2.32. The van der Waals surface area contributed by atoms with E-state index in [9.17, 15) is 22.8 Å². The molecule has 9 nitrogen and oxygen atoms in total. The van der Waals surface area contributed by atoms with E-state index < -0.39 is 12.3 Å². The molecule has 1 fully saturated rings. The zero-order chi connectivity index (χ0) is 28.0. The molecule has 1 aliphatic heterocycles. The number of hydrogen-bond acceptors (Lipinski definition) is 6. The van der Waals surface area contributed by atoms with E-state index in [1.165, 1.54) is 24.3 Å². The van der Waals surface area contributed by atoms with E-state index in [0.29, 0.717) is 61.5 Å². The third-order valence-electron chi connectivity index (χ3n) is 6.35. The second-order valence-electron chi connectivity index (χ2n) is 9.22. The molecule has 0 aliphatic carbocycles. The van der Waals surface area contributed by atoms with Crippen LogP contribution in [0.4, 0.5) is 13.2 Å². The van der Waals surface area contributed by atoms with Gasteiger partial charge in [-0.15, -0.1) is 13.2 Å². The Labute approximate surface area is 222 Å². The quantitative estimate of drug-likeness (QED) is 0.402. The Balaban J connectivity index is 1.32. The molecule has 208 valence electrons. The van der Waals surface area contributed by atoms with E-state index in [2.05, 4.69) is 9.72 Å². The summed E-state index contributed by atoms with van der Waals surface area (Å²) in [7, 11) is 0. The molecule has 1 aromatic heterocycles. The van der Waals surface area contributed by atoms with Crippen LogP contribution >= 0.6 is 0 Å². The molecule has 1 saturated heterocycles. The molecule has 0 spiro atoms. The Bertz CT molecular complexity index is 1290. The Morgan fingerprint density at radius 1 is 1.10 bits per heavy atom. The smallest absolute Gasteiger partial charge is 0.489 e. The van der Waals surface area contributed by atoms with Crippen LogP contribution in [0.2, 0.25) is 0 Å². The summed E-state index contributed by atoms with van der Waals surface area (Å²) in [5.74, 6) is -0.756. The fourth-order valence-electron chi connectivity index (χ4n) is 4.37. The summed E-state index contributed by atoms with van der Waals surface area (Å²) >= 11 is 0. The zero-order valence-electron chi connectivity index (χ0n) is 21.1. The summed E-state index contributed by atoms with van der Waals surface area (Å²) in [6, 6.07) is 10.4. The Morgan fingerprint density at radius 3 is 2.46 bits per heavy atom. The minimum Gasteiger partial charge on any atom is -0.489 e. The van der Waals surface area contributed by atoms with Crippen molar-refractivity contribution in [1.82, 2.24) is 14.5 Å². The third-order valence-corrected chi connectivity index (χ3v) is 6.35. The maximum atomic E-state index is 12.7. The number of nitrogens with zero attached hydrogens (tertiary/aromatic N) is 3. The lowest BCUT2D eigenvalue weighted by Crippen LogP contribution is -2.42. The van der Waals surface area contributed by atoms with Crippen LogP contribution < -0.4 is 15.2 Å². The number of aliphatic hydroxyl groups excluding tert-OH is 1. The van der Waals surface area contributed by atoms with Gasteiger partial charge >= 0.3 is 6.36 Å². The topological polar surface area (TPSA) is 120 Å². The molecule has 1 aliphatic rings. The minimum atomic E-state index is -4.77. The number of nitrogens with two attached hydrogens (primary N) is 1. The summed E-state index contributed by atoms with van der Waals surface area (Å²) in [5, 5.41) is 9.00. The Hall–Kier alpha value is -4.06. The van der Waals surface area contributed by atoms with Crippen LogP contribution in [0.25, 0.3) is 11.3 Å². The number of piperidine rings is 1. The van der Waals surface area contributed by atoms with E-state index in [1.807, 2.05) is 10.8 Å². The van der Waals surface area contributed by atoms with Gasteiger partial charge in [0.05, 0.1) is 24.0 Å². The number of alkyl halides is 3. The van der Waals surface area contributed by atoms with E-state index in [1.54, 1.807) is 29.4 Å². The third kappa shape index (κ3) is 7.73. The number of benzene rings is 2. The maximum Gasteiger partial charge on any atom is 0.573 e. The van der Waals surface area contributed by atoms with Gasteiger partial charge in [0.2, 0.25) is 5.91 Å². The average molecular weight is 547 g/mol. The highest BCUT2D eigenvalue weighted by atomic mass is 19.4. The highest BCUT2D eigenvalue weighted by molar-refractivity contribution is 5.97. The normalized spacial score (nSPS) is 14.3. The van der Waals surface area contributed by atoms with Crippen LogP contribution in [0.5, 0.6) is 11.5 Å². The number of hydrogen-bond donors (Lipinski definition) is 2. The number of aliphatic hydroxyl groups is 1. The summed E-state index contributed by atoms with van der Waals surface area (Å²) in [4.78, 5) is 30.9. The van der Waals surface area contributed by atoms with Gasteiger partial charge in [0.1, 0.15) is 17.6 Å². The first-order valence-electron chi connectivity index (χ1n) is 12.5. The minimum absolute atomic E-state index is 0.0564. The SMILES string of the molecule is NC(=O)c1cc(-c2cn(CCCO)cn2)ccc1OC1CCN(C(=O)Cc2ccc(OC(F)(F)F)cc2)CC1. The molecule has 39 heavy (non-hydrogen) atoms. The fourth-order valence-corrected chi connectivity index (χ4v) is 4.37. The largest absolute Gasteiger partial charge is 0.573 e. The van der Waals surface area contributed by atoms with Gasteiger partial charge in [0.25, 0.3) is 5.91 Å². The number of carbonyl (C=O) groups excluding carboxylic acids is 2. The summed E-state index contributed by atoms with van der Waals surface area (Å²) in [6.07, 6.45) is 0.232. The zero-order valence-corrected chi connectivity index (χ0v) is 21.1. The fraction of sp³-hybridized carbons (Fsp3) is 0.370. The molecule has 12 heteroatoms. The van der Waals surface area contributed by atoms with Crippen LogP contribution in [-0.2, 0) is 17.8 Å². The number of ether oxygens (including phenoxy) is 2. The van der Waals surface area contributed by atoms with Crippen molar-refractivity contribution in [3.05, 3.63) is 66.1 Å². The number of amides is 2. The van der Waals surface area contributed by atoms with Gasteiger partial charge in [-0.1, -0.05) is 12.1 Å². The first kappa shape index (κ1) is 28.0. The molecule has 0 unspecified atom stereocenters. The van der Waals surface area contributed by atoms with Crippen molar-refractivity contribution in [2.75, 3.05) is 19.7 Å². The summed E-state index contributed by atoms with van der Waals surface area (Å²) in [5.41, 5.74) is 7.80. The first-order valence-corrected chi connectivity index (χ1v) is 12.5. The number of rotatable bonds is 10. The van der Waals surface area contributed by atoms with E-state index in [0.717, 1.165) is 0 Å². The first-order chi connectivity index (χ1) is 18.6. The Morgan fingerprint density at radius 2 is 1.82 bits per heavy atom. The predicted molar refractivity (Wildman–Crippen MR) is 135 cm³/mol. The molecule has 0 atom stereocenters. The molecule has 2 amide bonds. The molecule has 0 saturated carbocycles. The molecule has 0 bridgehead atoms. The second-order valence-corrected chi connectivity index (χ2v) is 9.22. The lowest BCUT2D eigenvalue weighted by atomic mass is 10.0. The van der Waals surface area contributed by atoms with Crippen LogP contribution in [-0.4, -0.2) is 63.5 Å². The summed E-state index contributed by atoms with van der Waals surface area (Å²) < 4.78 is 48.8. The van der Waals surface area contributed by atoms with Crippen LogP contribution in [0.1, 0.15) is 35.2 Å². The van der Waals surface area contributed by atoms with E-state index >= 15 is 0 Å². The van der Waals surface area contributed by atoms with Gasteiger partial charge in [-0.2, -0.15) is 0 Å². The monoisotopic (exact) mass is 546 g/mol. The van der Waals surface area contributed by atoms with E-state index in [-0.39, 0.29) is 36.4 Å². The molecule has 4 rings (SSSR count). The van der Waals surface area contributed by atoms with Gasteiger partial charge in [-0.05, 0) is 42.3 Å². The molecule has 0 radical (unpaired) electrons. The van der Waals surface area contributed by atoms with Gasteiger partial charge in [-0.3, -0.25) is 9.59 Å². The standard InChI is InChI=1S/C27H29F3N4O5/c28-27(29,30)39-21-5-2-18(3-6-21)14-25(36)34-11-8-20(9-12-34)38-24-7-4-19(15-22(24)26(31)37)23-16-33(17-32-23)10-1-13-35/h2-7,15-17,20,35H,1,8-14H2,(H2,31,37). The van der Waals surface area contributed by atoms with Gasteiger partial charge in [0, 0.05) is 50.8 Å². The molecular formula is C27H29F3N4O5. The highest BCUT2D eigenvalue weighted by Gasteiger charge is 2.31. The molecular weight excluding hydrogens is 517 g/mol. The number of aryl methyl sites for hydroxylation is 1. The van der Waals surface area contributed by atoms with Crippen molar-refractivity contribution in [3.8, 4) is 22.8 Å². The molecule has 2 aromatic carbocycles. The molecule has 2 heterocycles. The summed E-state index contributed by atoms with van der Waals surface area (Å²) in [6.45, 7) is 1.58.